The Morgan fingerprint density at radius 1 is 0.632 bits per heavy atom. The van der Waals surface area contributed by atoms with Crippen LogP contribution in [0.5, 0.6) is 0 Å². The van der Waals surface area contributed by atoms with Crippen LogP contribution in [0.1, 0.15) is 90.2 Å². The monoisotopic (exact) mass is 799 g/mol. The van der Waals surface area contributed by atoms with Crippen molar-refractivity contribution in [3.63, 3.8) is 0 Å². The standard InChI is InChI=1S/C40H61N9O8/c1-39(2,3)56-37(54)45-22-14-13-20-28(32(41)50)46-34(52)30(24-26-16-9-7-10-17-26)48-33(51)29(21-15-23-44-36(42)43)47-35(53)31(25-27-18-11-8-12-19-27)49-38(55)57-40(4,5)6/h7-12,16-19,28-31H,13-15,20-25H2,1-6H3,(H2,41,50)(H,45,54)(H,46,52)(H,47,53)(H,48,51)(H,49,55)(H4,42,43,44)/t28-,29+,30-,31-/m0/s1/i13D2,14D2. The third-order valence-electron chi connectivity index (χ3n) is 7.60. The maximum atomic E-state index is 14.1. The van der Waals surface area contributed by atoms with Gasteiger partial charge in [-0.2, -0.15) is 0 Å². The van der Waals surface area contributed by atoms with Gasteiger partial charge in [0.1, 0.15) is 35.4 Å². The number of alkyl carbamates (subject to hydrolysis) is 2. The van der Waals surface area contributed by atoms with Crippen molar-refractivity contribution in [1.29, 1.82) is 0 Å². The maximum absolute atomic E-state index is 14.1. The first kappa shape index (κ1) is 40.8. The number of nitrogens with two attached hydrogens (primary N) is 3. The number of benzene rings is 2. The number of hydrogen-bond donors (Lipinski definition) is 8. The number of nitrogens with zero attached hydrogens (tertiary/aromatic N) is 1. The van der Waals surface area contributed by atoms with E-state index < -0.39 is 96.9 Å². The SMILES string of the molecule is [2H]C([2H])(CNC(=O)OC(C)(C)C)C([2H])([2H])C[C@H](NC(=O)[C@H](Cc1ccccc1)NC(=O)[C@@H](CCCN=C(N)N)NC(=O)[C@H](Cc1ccccc1)NC(=O)OC(C)(C)C)C(N)=O. The van der Waals surface area contributed by atoms with Crippen LogP contribution in [0, 0.1) is 0 Å². The van der Waals surface area contributed by atoms with Gasteiger partial charge in [0.2, 0.25) is 23.6 Å². The normalized spacial score (nSPS) is 14.9. The molecule has 0 radical (unpaired) electrons. The van der Waals surface area contributed by atoms with Crippen molar-refractivity contribution < 1.29 is 43.7 Å². The molecule has 0 aliphatic rings. The van der Waals surface area contributed by atoms with Gasteiger partial charge < -0.3 is 53.3 Å². The molecule has 0 spiro atoms. The van der Waals surface area contributed by atoms with Crippen molar-refractivity contribution in [2.24, 2.45) is 22.2 Å². The zero-order valence-corrected chi connectivity index (χ0v) is 33.5. The summed E-state index contributed by atoms with van der Waals surface area (Å²) in [4.78, 5) is 83.7. The van der Waals surface area contributed by atoms with E-state index in [0.717, 1.165) is 0 Å². The smallest absolute Gasteiger partial charge is 0.408 e. The molecule has 0 bridgehead atoms. The summed E-state index contributed by atoms with van der Waals surface area (Å²) in [5.74, 6) is -3.99. The average Bonchev–Trinajstić information content (AvgIpc) is 3.13. The molecule has 57 heavy (non-hydrogen) atoms. The number of rotatable bonds is 21. The molecule has 2 aromatic carbocycles. The quantitative estimate of drug-likeness (QED) is 0.0517. The zero-order chi connectivity index (χ0) is 46.2. The minimum Gasteiger partial charge on any atom is -0.444 e. The second kappa shape index (κ2) is 23.3. The number of primary amides is 1. The van der Waals surface area contributed by atoms with Crippen LogP contribution in [0.2, 0.25) is 0 Å². The number of amides is 6. The fraction of sp³-hybridized carbons (Fsp3) is 0.525. The largest absolute Gasteiger partial charge is 0.444 e. The second-order valence-electron chi connectivity index (χ2n) is 15.0. The highest BCUT2D eigenvalue weighted by molar-refractivity contribution is 5.95. The van der Waals surface area contributed by atoms with Crippen molar-refractivity contribution in [1.82, 2.24) is 26.6 Å². The van der Waals surface area contributed by atoms with Crippen LogP contribution in [-0.4, -0.2) is 90.2 Å². The second-order valence-corrected chi connectivity index (χ2v) is 15.0. The van der Waals surface area contributed by atoms with Crippen molar-refractivity contribution in [3.05, 3.63) is 71.8 Å². The Hall–Kier alpha value is -5.87. The predicted molar refractivity (Wildman–Crippen MR) is 216 cm³/mol. The summed E-state index contributed by atoms with van der Waals surface area (Å²) in [7, 11) is 0. The molecule has 4 atom stereocenters. The summed E-state index contributed by atoms with van der Waals surface area (Å²) < 4.78 is 44.3. The summed E-state index contributed by atoms with van der Waals surface area (Å²) in [6.45, 7) is 8.97. The van der Waals surface area contributed by atoms with Crippen LogP contribution < -0.4 is 43.8 Å². The number of ether oxygens (including phenoxy) is 2. The number of guanidine groups is 1. The number of nitrogens with one attached hydrogen (secondary N) is 5. The Kier molecular flexibility index (Phi) is 16.6. The van der Waals surface area contributed by atoms with Crippen LogP contribution >= 0.6 is 0 Å². The molecule has 2 aromatic rings. The first-order valence-electron chi connectivity index (χ1n) is 20.5. The first-order valence-corrected chi connectivity index (χ1v) is 18.5. The molecule has 0 aliphatic carbocycles. The van der Waals surface area contributed by atoms with Gasteiger partial charge >= 0.3 is 12.2 Å². The topological polar surface area (TPSA) is 271 Å². The molecule has 0 heterocycles. The van der Waals surface area contributed by atoms with Gasteiger partial charge in [0, 0.05) is 31.4 Å². The molecule has 0 saturated carbocycles. The molecule has 0 aliphatic heterocycles. The van der Waals surface area contributed by atoms with E-state index in [4.69, 9.17) is 32.2 Å². The molecule has 314 valence electrons. The van der Waals surface area contributed by atoms with Gasteiger partial charge in [0.25, 0.3) is 0 Å². The third-order valence-corrected chi connectivity index (χ3v) is 7.60. The maximum Gasteiger partial charge on any atom is 0.408 e. The van der Waals surface area contributed by atoms with E-state index in [1.54, 1.807) is 102 Å². The van der Waals surface area contributed by atoms with Crippen LogP contribution in [0.4, 0.5) is 9.59 Å². The lowest BCUT2D eigenvalue weighted by Gasteiger charge is -2.27. The van der Waals surface area contributed by atoms with Gasteiger partial charge in [-0.3, -0.25) is 24.2 Å². The molecular formula is C40H61N9O8. The minimum absolute atomic E-state index is 0.0181. The van der Waals surface area contributed by atoms with E-state index in [0.29, 0.717) is 11.1 Å². The van der Waals surface area contributed by atoms with Gasteiger partial charge in [-0.25, -0.2) is 9.59 Å². The van der Waals surface area contributed by atoms with E-state index in [1.807, 2.05) is 0 Å². The molecule has 0 fully saturated rings. The van der Waals surface area contributed by atoms with Gasteiger partial charge in [0.05, 0.1) is 0 Å². The Balaban J connectivity index is 2.43. The molecule has 17 heteroatoms. The minimum atomic E-state index is -2.86. The lowest BCUT2D eigenvalue weighted by molar-refractivity contribution is -0.133. The lowest BCUT2D eigenvalue weighted by atomic mass is 10.0. The molecular weight excluding hydrogens is 734 g/mol. The Bertz CT molecular complexity index is 1820. The fourth-order valence-electron chi connectivity index (χ4n) is 5.05. The number of carbonyl (C=O) groups is 6. The predicted octanol–water partition coefficient (Wildman–Crippen LogP) is 2.05. The van der Waals surface area contributed by atoms with Crippen LogP contribution in [0.15, 0.2) is 65.7 Å². The molecule has 0 saturated heterocycles. The summed E-state index contributed by atoms with van der Waals surface area (Å²) in [5.41, 5.74) is 16.0. The fourth-order valence-corrected chi connectivity index (χ4v) is 5.05. The van der Waals surface area contributed by atoms with E-state index in [9.17, 15) is 28.8 Å². The van der Waals surface area contributed by atoms with Crippen molar-refractivity contribution in [3.8, 4) is 0 Å². The van der Waals surface area contributed by atoms with Crippen molar-refractivity contribution >= 4 is 41.8 Å². The zero-order valence-electron chi connectivity index (χ0n) is 37.5. The molecule has 0 aromatic heterocycles. The number of aliphatic imine (C=N–C) groups is 1. The van der Waals surface area contributed by atoms with Crippen LogP contribution in [-0.2, 0) is 41.5 Å². The highest BCUT2D eigenvalue weighted by Crippen LogP contribution is 2.12. The highest BCUT2D eigenvalue weighted by atomic mass is 16.6. The molecule has 0 unspecified atom stereocenters. The van der Waals surface area contributed by atoms with Gasteiger partial charge in [0.15, 0.2) is 5.96 Å². The molecule has 2 rings (SSSR count). The van der Waals surface area contributed by atoms with E-state index in [2.05, 4.69) is 31.6 Å². The van der Waals surface area contributed by atoms with Crippen LogP contribution in [0.25, 0.3) is 0 Å². The van der Waals surface area contributed by atoms with Crippen LogP contribution in [0.3, 0.4) is 0 Å². The van der Waals surface area contributed by atoms with E-state index in [1.165, 1.54) is 0 Å². The molecule has 17 nitrogen and oxygen atoms in total. The van der Waals surface area contributed by atoms with E-state index >= 15 is 0 Å². The third kappa shape index (κ3) is 20.6. The number of hydrogen-bond acceptors (Lipinski definition) is 9. The lowest BCUT2D eigenvalue weighted by Crippen LogP contribution is -2.59. The molecule has 6 amide bonds. The Labute approximate surface area is 340 Å². The molecule has 11 N–H and O–H groups in total. The Morgan fingerprint density at radius 3 is 1.58 bits per heavy atom. The first-order chi connectivity index (χ1) is 28.2. The van der Waals surface area contributed by atoms with Gasteiger partial charge in [-0.05, 0) is 84.7 Å². The summed E-state index contributed by atoms with van der Waals surface area (Å²) in [5, 5.41) is 12.4. The van der Waals surface area contributed by atoms with E-state index in [-0.39, 0.29) is 38.2 Å². The van der Waals surface area contributed by atoms with Gasteiger partial charge in [-0.1, -0.05) is 60.7 Å². The summed E-state index contributed by atoms with van der Waals surface area (Å²) >= 11 is 0. The van der Waals surface area contributed by atoms with Crippen molar-refractivity contribution in [2.75, 3.05) is 13.1 Å². The van der Waals surface area contributed by atoms with Crippen molar-refractivity contribution in [2.45, 2.75) is 122 Å². The Morgan fingerprint density at radius 2 is 1.09 bits per heavy atom. The number of carbonyl (C=O) groups excluding carboxylic acids is 6. The van der Waals surface area contributed by atoms with Gasteiger partial charge in [-0.15, -0.1) is 0 Å². The average molecular weight is 800 g/mol. The highest BCUT2D eigenvalue weighted by Gasteiger charge is 2.32. The summed E-state index contributed by atoms with van der Waals surface area (Å²) in [6.07, 6.45) is -8.48. The summed E-state index contributed by atoms with van der Waals surface area (Å²) in [6, 6.07) is 11.5.